The van der Waals surface area contributed by atoms with E-state index < -0.39 is 0 Å². The van der Waals surface area contributed by atoms with Gasteiger partial charge in [-0.1, -0.05) is 18.2 Å². The molecule has 1 fully saturated rings. The van der Waals surface area contributed by atoms with Crippen LogP contribution in [0.4, 0.5) is 0 Å². The van der Waals surface area contributed by atoms with Crippen molar-refractivity contribution in [2.75, 3.05) is 13.1 Å². The maximum absolute atomic E-state index is 11.6. The van der Waals surface area contributed by atoms with E-state index in [4.69, 9.17) is 0 Å². The average Bonchev–Trinajstić information content (AvgIpc) is 3.03. The highest BCUT2D eigenvalue weighted by Gasteiger charge is 2.28. The first kappa shape index (κ1) is 14.8. The first-order valence-corrected chi connectivity index (χ1v) is 8.06. The fourth-order valence-electron chi connectivity index (χ4n) is 3.13. The van der Waals surface area contributed by atoms with Gasteiger partial charge in [-0.05, 0) is 24.6 Å². The molecule has 2 aromatic heterocycles. The number of hydrogen-bond acceptors (Lipinski definition) is 4. The van der Waals surface area contributed by atoms with Crippen molar-refractivity contribution < 1.29 is 0 Å². The molecule has 3 heterocycles. The third-order valence-corrected chi connectivity index (χ3v) is 4.31. The van der Waals surface area contributed by atoms with Crippen molar-refractivity contribution >= 4 is 0 Å². The average molecular weight is 321 g/mol. The predicted molar refractivity (Wildman–Crippen MR) is 91.6 cm³/mol. The van der Waals surface area contributed by atoms with E-state index in [1.54, 1.807) is 0 Å². The number of benzene rings is 1. The Morgan fingerprint density at radius 2 is 2.12 bits per heavy atom. The molecule has 0 amide bonds. The molecule has 1 aromatic carbocycles. The van der Waals surface area contributed by atoms with E-state index in [2.05, 4.69) is 32.1 Å². The lowest BCUT2D eigenvalue weighted by atomic mass is 10.1. The van der Waals surface area contributed by atoms with E-state index in [0.29, 0.717) is 11.9 Å². The highest BCUT2D eigenvalue weighted by molar-refractivity contribution is 5.55. The lowest BCUT2D eigenvalue weighted by Crippen LogP contribution is -2.47. The summed E-state index contributed by atoms with van der Waals surface area (Å²) in [7, 11) is 0. The van der Waals surface area contributed by atoms with Gasteiger partial charge >= 0.3 is 0 Å². The molecule has 6 nitrogen and oxygen atoms in total. The smallest absolute Gasteiger partial charge is 0.251 e. The summed E-state index contributed by atoms with van der Waals surface area (Å²) in [6.45, 7) is 4.73. The van der Waals surface area contributed by atoms with Crippen LogP contribution in [0.2, 0.25) is 0 Å². The Morgan fingerprint density at radius 1 is 1.25 bits per heavy atom. The molecule has 0 atom stereocenters. The molecule has 0 spiro atoms. The summed E-state index contributed by atoms with van der Waals surface area (Å²) >= 11 is 0. The van der Waals surface area contributed by atoms with E-state index in [-0.39, 0.29) is 5.56 Å². The number of hydrogen-bond donors (Lipinski definition) is 1. The molecule has 24 heavy (non-hydrogen) atoms. The number of nitrogens with one attached hydrogen (secondary N) is 1. The van der Waals surface area contributed by atoms with Crippen LogP contribution >= 0.6 is 0 Å². The van der Waals surface area contributed by atoms with E-state index in [0.717, 1.165) is 30.9 Å². The van der Waals surface area contributed by atoms with Crippen LogP contribution in [0.5, 0.6) is 0 Å². The second-order valence-electron chi connectivity index (χ2n) is 6.27. The summed E-state index contributed by atoms with van der Waals surface area (Å²) in [6.07, 6.45) is 3.84. The van der Waals surface area contributed by atoms with Gasteiger partial charge in [-0.2, -0.15) is 5.10 Å². The lowest BCUT2D eigenvalue weighted by molar-refractivity contribution is 0.0909. The highest BCUT2D eigenvalue weighted by Crippen LogP contribution is 2.23. The van der Waals surface area contributed by atoms with Crippen LogP contribution in [0.15, 0.2) is 53.6 Å². The molecule has 0 radical (unpaired) electrons. The van der Waals surface area contributed by atoms with Crippen molar-refractivity contribution in [1.29, 1.82) is 0 Å². The summed E-state index contributed by atoms with van der Waals surface area (Å²) < 4.78 is 2.02. The standard InChI is InChI=1S/C18H19N5O/c1-13-8-17(24)21-18(20-13)15-5-2-4-14(9-15)10-22-11-16(12-22)23-7-3-6-19-23/h2-9,16H,10-12H2,1H3,(H,20,21,24). The maximum atomic E-state index is 11.6. The van der Waals surface area contributed by atoms with Gasteiger partial charge in [-0.15, -0.1) is 0 Å². The third-order valence-electron chi connectivity index (χ3n) is 4.31. The second-order valence-corrected chi connectivity index (χ2v) is 6.27. The number of aryl methyl sites for hydroxylation is 1. The zero-order valence-corrected chi connectivity index (χ0v) is 13.5. The minimum Gasteiger partial charge on any atom is -0.307 e. The van der Waals surface area contributed by atoms with Crippen LogP contribution in [0.3, 0.4) is 0 Å². The SMILES string of the molecule is Cc1cc(=O)[nH]c(-c2cccc(CN3CC(n4cccn4)C3)c2)n1. The molecule has 1 aliphatic heterocycles. The molecule has 0 aliphatic carbocycles. The van der Waals surface area contributed by atoms with Crippen molar-refractivity contribution in [2.24, 2.45) is 0 Å². The van der Waals surface area contributed by atoms with E-state index >= 15 is 0 Å². The zero-order chi connectivity index (χ0) is 16.5. The number of H-pyrrole nitrogens is 1. The fraction of sp³-hybridized carbons (Fsp3) is 0.278. The maximum Gasteiger partial charge on any atom is 0.251 e. The molecule has 0 saturated carbocycles. The molecule has 4 rings (SSSR count). The van der Waals surface area contributed by atoms with Crippen LogP contribution in [0, 0.1) is 6.92 Å². The minimum absolute atomic E-state index is 0.118. The number of nitrogens with zero attached hydrogens (tertiary/aromatic N) is 4. The number of likely N-dealkylation sites (tertiary alicyclic amines) is 1. The number of aromatic amines is 1. The van der Waals surface area contributed by atoms with Gasteiger partial charge in [0.2, 0.25) is 0 Å². The summed E-state index contributed by atoms with van der Waals surface area (Å²) in [4.78, 5) is 21.3. The van der Waals surface area contributed by atoms with Gasteiger partial charge in [-0.25, -0.2) is 4.98 Å². The molecule has 1 N–H and O–H groups in total. The van der Waals surface area contributed by atoms with Crippen LogP contribution < -0.4 is 5.56 Å². The van der Waals surface area contributed by atoms with Gasteiger partial charge in [0.05, 0.1) is 6.04 Å². The number of aromatic nitrogens is 4. The fourth-order valence-corrected chi connectivity index (χ4v) is 3.13. The summed E-state index contributed by atoms with van der Waals surface area (Å²) in [5.74, 6) is 0.625. The van der Waals surface area contributed by atoms with Crippen LogP contribution in [0.25, 0.3) is 11.4 Å². The van der Waals surface area contributed by atoms with Crippen molar-refractivity contribution in [2.45, 2.75) is 19.5 Å². The van der Waals surface area contributed by atoms with E-state index in [9.17, 15) is 4.79 Å². The zero-order valence-electron chi connectivity index (χ0n) is 13.5. The normalized spacial score (nSPS) is 15.4. The van der Waals surface area contributed by atoms with Crippen molar-refractivity contribution in [3.05, 3.63) is 70.4 Å². The van der Waals surface area contributed by atoms with Gasteiger partial charge in [0.25, 0.3) is 5.56 Å². The van der Waals surface area contributed by atoms with Crippen molar-refractivity contribution in [1.82, 2.24) is 24.6 Å². The van der Waals surface area contributed by atoms with Gasteiger partial charge in [0, 0.05) is 49.4 Å². The second kappa shape index (κ2) is 6.05. The van der Waals surface area contributed by atoms with Crippen molar-refractivity contribution in [3.8, 4) is 11.4 Å². The van der Waals surface area contributed by atoms with Gasteiger partial charge in [0.1, 0.15) is 5.82 Å². The first-order chi connectivity index (χ1) is 11.7. The molecule has 3 aromatic rings. The number of rotatable bonds is 4. The van der Waals surface area contributed by atoms with Gasteiger partial charge in [0.15, 0.2) is 0 Å². The highest BCUT2D eigenvalue weighted by atomic mass is 16.1. The minimum atomic E-state index is -0.118. The van der Waals surface area contributed by atoms with Gasteiger partial charge in [-0.3, -0.25) is 14.4 Å². The monoisotopic (exact) mass is 321 g/mol. The Kier molecular flexibility index (Phi) is 3.74. The molecule has 122 valence electrons. The van der Waals surface area contributed by atoms with Crippen LogP contribution in [-0.4, -0.2) is 37.7 Å². The molecule has 1 aliphatic rings. The molecule has 1 saturated heterocycles. The Labute approximate surface area is 139 Å². The van der Waals surface area contributed by atoms with Gasteiger partial charge < -0.3 is 4.98 Å². The van der Waals surface area contributed by atoms with Crippen LogP contribution in [-0.2, 0) is 6.54 Å². The molecule has 0 bridgehead atoms. The lowest BCUT2D eigenvalue weighted by Gasteiger charge is -2.39. The Bertz CT molecular complexity index is 894. The Balaban J connectivity index is 1.47. The predicted octanol–water partition coefficient (Wildman–Crippen LogP) is 2.00. The quantitative estimate of drug-likeness (QED) is 0.798. The molecule has 6 heteroatoms. The topological polar surface area (TPSA) is 66.8 Å². The largest absolute Gasteiger partial charge is 0.307 e. The van der Waals surface area contributed by atoms with E-state index in [1.807, 2.05) is 42.2 Å². The molecular weight excluding hydrogens is 302 g/mol. The summed E-state index contributed by atoms with van der Waals surface area (Å²) in [5.41, 5.74) is 2.77. The molecule has 0 unspecified atom stereocenters. The summed E-state index contributed by atoms with van der Waals surface area (Å²) in [5, 5.41) is 4.30. The molecular formula is C18H19N5O. The first-order valence-electron chi connectivity index (χ1n) is 8.06. The Hall–Kier alpha value is -2.73. The summed E-state index contributed by atoms with van der Waals surface area (Å²) in [6, 6.07) is 12.1. The van der Waals surface area contributed by atoms with Crippen molar-refractivity contribution in [3.63, 3.8) is 0 Å². The van der Waals surface area contributed by atoms with E-state index in [1.165, 1.54) is 11.6 Å². The Morgan fingerprint density at radius 3 is 2.88 bits per heavy atom. The third kappa shape index (κ3) is 3.00. The van der Waals surface area contributed by atoms with Crippen LogP contribution in [0.1, 0.15) is 17.3 Å².